The molecule has 0 bridgehead atoms. The molecule has 0 rings (SSSR count). The Balaban J connectivity index is 0. The van der Waals surface area contributed by atoms with Crippen LogP contribution in [-0.4, -0.2) is 22.2 Å². The molecule has 0 radical (unpaired) electrons. The molecule has 0 aromatic heterocycles. The third-order valence-corrected chi connectivity index (χ3v) is 0.528. The van der Waals surface area contributed by atoms with E-state index in [1.54, 1.807) is 19.1 Å². The molecule has 0 heterocycles. The standard InChI is InChI=1S/C5H8O2.C2H4O2/c1-2-3-4-5(6)7;1-2(3)4/h2-3H,4H2,1H3,(H,6,7);1H3,(H,3,4). The Bertz CT molecular complexity index is 145. The average Bonchev–Trinajstić information content (AvgIpc) is 1.82. The lowest BCUT2D eigenvalue weighted by Gasteiger charge is -1.77. The lowest BCUT2D eigenvalue weighted by molar-refractivity contribution is -0.136. The molecular formula is C7H12O4. The molecule has 2 N–H and O–H groups in total. The van der Waals surface area contributed by atoms with Crippen molar-refractivity contribution in [3.8, 4) is 0 Å². The number of carbonyl (C=O) groups is 2. The van der Waals surface area contributed by atoms with E-state index < -0.39 is 11.9 Å². The van der Waals surface area contributed by atoms with Gasteiger partial charge in [0.2, 0.25) is 0 Å². The summed E-state index contributed by atoms with van der Waals surface area (Å²) < 4.78 is 0. The maximum atomic E-state index is 9.71. The number of carboxylic acids is 2. The highest BCUT2D eigenvalue weighted by molar-refractivity contribution is 5.68. The molecule has 0 atom stereocenters. The van der Waals surface area contributed by atoms with Crippen LogP contribution in [-0.2, 0) is 9.59 Å². The maximum absolute atomic E-state index is 9.71. The second-order valence-electron chi connectivity index (χ2n) is 1.69. The van der Waals surface area contributed by atoms with Gasteiger partial charge in [-0.15, -0.1) is 0 Å². The van der Waals surface area contributed by atoms with Crippen LogP contribution in [0.1, 0.15) is 20.3 Å². The predicted molar refractivity (Wildman–Crippen MR) is 40.4 cm³/mol. The van der Waals surface area contributed by atoms with E-state index in [4.69, 9.17) is 15.0 Å². The van der Waals surface area contributed by atoms with Crippen LogP contribution in [0.25, 0.3) is 0 Å². The monoisotopic (exact) mass is 160 g/mol. The van der Waals surface area contributed by atoms with E-state index in [1.807, 2.05) is 0 Å². The SMILES string of the molecule is CC(=O)O.CC=CCC(=O)O. The fourth-order valence-corrected chi connectivity index (χ4v) is 0.219. The predicted octanol–water partition coefficient (Wildman–Crippen LogP) is 1.13. The molecule has 11 heavy (non-hydrogen) atoms. The zero-order valence-electron chi connectivity index (χ0n) is 6.57. The number of carboxylic acid groups (broad SMARTS) is 2. The fourth-order valence-electron chi connectivity index (χ4n) is 0.219. The number of aliphatic carboxylic acids is 2. The first-order valence-electron chi connectivity index (χ1n) is 3.03. The van der Waals surface area contributed by atoms with Crippen LogP contribution < -0.4 is 0 Å². The second kappa shape index (κ2) is 8.68. The Kier molecular flexibility index (Phi) is 9.76. The average molecular weight is 160 g/mol. The van der Waals surface area contributed by atoms with Crippen LogP contribution in [0.15, 0.2) is 12.2 Å². The minimum Gasteiger partial charge on any atom is -0.481 e. The third kappa shape index (κ3) is 53.9. The third-order valence-electron chi connectivity index (χ3n) is 0.528. The van der Waals surface area contributed by atoms with Crippen molar-refractivity contribution in [2.75, 3.05) is 0 Å². The van der Waals surface area contributed by atoms with E-state index in [0.717, 1.165) is 6.92 Å². The van der Waals surface area contributed by atoms with E-state index in [-0.39, 0.29) is 6.42 Å². The highest BCUT2D eigenvalue weighted by Gasteiger charge is 1.85. The molecule has 4 nitrogen and oxygen atoms in total. The van der Waals surface area contributed by atoms with Crippen molar-refractivity contribution in [1.29, 1.82) is 0 Å². The highest BCUT2D eigenvalue weighted by atomic mass is 16.4. The van der Waals surface area contributed by atoms with Gasteiger partial charge in [-0.1, -0.05) is 12.2 Å². The van der Waals surface area contributed by atoms with Crippen LogP contribution in [0.3, 0.4) is 0 Å². The van der Waals surface area contributed by atoms with Gasteiger partial charge < -0.3 is 10.2 Å². The quantitative estimate of drug-likeness (QED) is 0.594. The van der Waals surface area contributed by atoms with Gasteiger partial charge in [-0.2, -0.15) is 0 Å². The molecule has 0 aliphatic heterocycles. The van der Waals surface area contributed by atoms with E-state index in [9.17, 15) is 4.79 Å². The lowest BCUT2D eigenvalue weighted by atomic mass is 10.4. The van der Waals surface area contributed by atoms with Crippen molar-refractivity contribution >= 4 is 11.9 Å². The Labute approximate surface area is 65.2 Å². The van der Waals surface area contributed by atoms with Gasteiger partial charge in [0.15, 0.2) is 0 Å². The first-order chi connectivity index (χ1) is 5.00. The fraction of sp³-hybridized carbons (Fsp3) is 0.429. The van der Waals surface area contributed by atoms with Crippen molar-refractivity contribution in [1.82, 2.24) is 0 Å². The lowest BCUT2D eigenvalue weighted by Crippen LogP contribution is -1.88. The summed E-state index contributed by atoms with van der Waals surface area (Å²) in [7, 11) is 0. The molecular weight excluding hydrogens is 148 g/mol. The Hall–Kier alpha value is -1.32. The van der Waals surface area contributed by atoms with Gasteiger partial charge in [-0.3, -0.25) is 9.59 Å². The summed E-state index contributed by atoms with van der Waals surface area (Å²) in [5, 5.41) is 15.4. The van der Waals surface area contributed by atoms with E-state index >= 15 is 0 Å². The van der Waals surface area contributed by atoms with Gasteiger partial charge in [0.05, 0.1) is 6.42 Å². The van der Waals surface area contributed by atoms with E-state index in [2.05, 4.69) is 0 Å². The minimum atomic E-state index is -0.833. The zero-order valence-corrected chi connectivity index (χ0v) is 6.57. The van der Waals surface area contributed by atoms with Crippen LogP contribution in [0.2, 0.25) is 0 Å². The molecule has 0 saturated heterocycles. The molecule has 0 amide bonds. The first-order valence-corrected chi connectivity index (χ1v) is 3.03. The smallest absolute Gasteiger partial charge is 0.307 e. The molecule has 0 spiro atoms. The van der Waals surface area contributed by atoms with Gasteiger partial charge in [0.1, 0.15) is 0 Å². The van der Waals surface area contributed by atoms with Crippen LogP contribution >= 0.6 is 0 Å². The van der Waals surface area contributed by atoms with Gasteiger partial charge in [-0.25, -0.2) is 0 Å². The van der Waals surface area contributed by atoms with Gasteiger partial charge in [0.25, 0.3) is 5.97 Å². The van der Waals surface area contributed by atoms with Crippen molar-refractivity contribution in [3.05, 3.63) is 12.2 Å². The number of rotatable bonds is 2. The molecule has 0 aromatic carbocycles. The summed E-state index contributed by atoms with van der Waals surface area (Å²) in [6, 6.07) is 0. The maximum Gasteiger partial charge on any atom is 0.307 e. The largest absolute Gasteiger partial charge is 0.481 e. The number of hydrogen-bond donors (Lipinski definition) is 2. The van der Waals surface area contributed by atoms with Crippen molar-refractivity contribution in [2.45, 2.75) is 20.3 Å². The molecule has 0 saturated carbocycles. The Morgan fingerprint density at radius 2 is 1.73 bits per heavy atom. The summed E-state index contributed by atoms with van der Waals surface area (Å²) in [6.07, 6.45) is 3.45. The van der Waals surface area contributed by atoms with Crippen LogP contribution in [0, 0.1) is 0 Å². The molecule has 4 heteroatoms. The Morgan fingerprint density at radius 1 is 1.36 bits per heavy atom. The van der Waals surface area contributed by atoms with Crippen LogP contribution in [0.5, 0.6) is 0 Å². The number of hydrogen-bond acceptors (Lipinski definition) is 2. The zero-order chi connectivity index (χ0) is 9.28. The van der Waals surface area contributed by atoms with Crippen LogP contribution in [0.4, 0.5) is 0 Å². The Morgan fingerprint density at radius 3 is 1.82 bits per heavy atom. The topological polar surface area (TPSA) is 74.6 Å². The number of allylic oxidation sites excluding steroid dienone is 1. The van der Waals surface area contributed by atoms with Gasteiger partial charge in [0, 0.05) is 6.92 Å². The molecule has 0 aromatic rings. The van der Waals surface area contributed by atoms with Crippen molar-refractivity contribution in [2.24, 2.45) is 0 Å². The molecule has 64 valence electrons. The van der Waals surface area contributed by atoms with Gasteiger partial charge in [-0.05, 0) is 6.92 Å². The van der Waals surface area contributed by atoms with E-state index in [1.165, 1.54) is 0 Å². The summed E-state index contributed by atoms with van der Waals surface area (Å²) >= 11 is 0. The van der Waals surface area contributed by atoms with Crippen molar-refractivity contribution in [3.63, 3.8) is 0 Å². The summed E-state index contributed by atoms with van der Waals surface area (Å²) in [6.45, 7) is 2.88. The molecule has 0 aliphatic rings. The normalized spacial score (nSPS) is 8.55. The highest BCUT2D eigenvalue weighted by Crippen LogP contribution is 1.79. The summed E-state index contributed by atoms with van der Waals surface area (Å²) in [5.41, 5.74) is 0. The first kappa shape index (κ1) is 12.4. The summed E-state index contributed by atoms with van der Waals surface area (Å²) in [5.74, 6) is -1.61. The second-order valence-corrected chi connectivity index (χ2v) is 1.69. The molecule has 0 aliphatic carbocycles. The minimum absolute atomic E-state index is 0.135. The summed E-state index contributed by atoms with van der Waals surface area (Å²) in [4.78, 5) is 18.7. The van der Waals surface area contributed by atoms with Gasteiger partial charge >= 0.3 is 5.97 Å². The van der Waals surface area contributed by atoms with Crippen molar-refractivity contribution < 1.29 is 19.8 Å². The molecule has 0 unspecified atom stereocenters. The van der Waals surface area contributed by atoms with E-state index in [0.29, 0.717) is 0 Å². The molecule has 0 fully saturated rings.